The standard InChI is InChI=1S/C10H15BN2O3.C6H14O2/c1-10(2,3)9(14)13-8-7(11(15)16)5-4-6-12-8;1-5(2,7)6(3,4)8/h4-6,15-16H,1-3H3,(H,12,13,14);7-8H,1-4H3. The SMILES string of the molecule is CC(C)(C)C(=O)Nc1ncccc1B(O)O.CC(C)(O)C(C)(C)O. The van der Waals surface area contributed by atoms with Crippen LogP contribution in [0.4, 0.5) is 5.82 Å². The molecule has 0 unspecified atom stereocenters. The van der Waals surface area contributed by atoms with Gasteiger partial charge in [-0.3, -0.25) is 4.79 Å². The largest absolute Gasteiger partial charge is 0.492 e. The number of nitrogens with one attached hydrogen (secondary N) is 1. The molecule has 5 N–H and O–H groups in total. The summed E-state index contributed by atoms with van der Waals surface area (Å²) in [5, 5.41) is 38.9. The van der Waals surface area contributed by atoms with Crippen LogP contribution in [-0.2, 0) is 4.79 Å². The fourth-order valence-electron chi connectivity index (χ4n) is 1.03. The molecule has 0 bridgehead atoms. The first-order valence-electron chi connectivity index (χ1n) is 7.64. The maximum atomic E-state index is 11.7. The number of rotatable bonds is 3. The molecule has 0 aliphatic carbocycles. The first-order valence-corrected chi connectivity index (χ1v) is 7.64. The van der Waals surface area contributed by atoms with Gasteiger partial charge in [0.2, 0.25) is 5.91 Å². The highest BCUT2D eigenvalue weighted by Crippen LogP contribution is 2.19. The van der Waals surface area contributed by atoms with E-state index in [2.05, 4.69) is 10.3 Å². The van der Waals surface area contributed by atoms with Gasteiger partial charge in [-0.2, -0.15) is 0 Å². The van der Waals surface area contributed by atoms with Crippen molar-refractivity contribution in [2.45, 2.75) is 59.7 Å². The van der Waals surface area contributed by atoms with Crippen molar-refractivity contribution in [3.05, 3.63) is 18.3 Å². The normalized spacial score (nSPS) is 12.1. The number of anilines is 1. The Bertz CT molecular complexity index is 531. The second kappa shape index (κ2) is 8.07. The van der Waals surface area contributed by atoms with Crippen molar-refractivity contribution in [3.63, 3.8) is 0 Å². The average molecular weight is 340 g/mol. The van der Waals surface area contributed by atoms with Crippen molar-refractivity contribution in [2.24, 2.45) is 5.41 Å². The van der Waals surface area contributed by atoms with Gasteiger partial charge in [-0.1, -0.05) is 26.8 Å². The Morgan fingerprint density at radius 2 is 1.50 bits per heavy atom. The maximum absolute atomic E-state index is 11.7. The van der Waals surface area contributed by atoms with E-state index in [0.29, 0.717) is 0 Å². The van der Waals surface area contributed by atoms with Gasteiger partial charge in [0.15, 0.2) is 0 Å². The molecule has 0 saturated heterocycles. The van der Waals surface area contributed by atoms with E-state index >= 15 is 0 Å². The lowest BCUT2D eigenvalue weighted by molar-refractivity contribution is -0.123. The smallest absolute Gasteiger partial charge is 0.423 e. The van der Waals surface area contributed by atoms with Crippen LogP contribution in [0.5, 0.6) is 0 Å². The first kappa shape index (κ1) is 22.5. The summed E-state index contributed by atoms with van der Waals surface area (Å²) in [5.41, 5.74) is -2.39. The van der Waals surface area contributed by atoms with E-state index in [-0.39, 0.29) is 17.2 Å². The molecular weight excluding hydrogens is 311 g/mol. The molecule has 0 atom stereocenters. The number of hydrogen-bond acceptors (Lipinski definition) is 6. The van der Waals surface area contributed by atoms with E-state index in [9.17, 15) is 4.79 Å². The zero-order chi connectivity index (χ0) is 19.3. The van der Waals surface area contributed by atoms with E-state index in [1.807, 2.05) is 0 Å². The molecule has 0 radical (unpaired) electrons. The van der Waals surface area contributed by atoms with Crippen molar-refractivity contribution >= 4 is 24.3 Å². The van der Waals surface area contributed by atoms with Crippen LogP contribution in [0.2, 0.25) is 0 Å². The van der Waals surface area contributed by atoms with Gasteiger partial charge >= 0.3 is 7.12 Å². The van der Waals surface area contributed by atoms with E-state index in [1.165, 1.54) is 12.3 Å². The monoisotopic (exact) mass is 340 g/mol. The number of hydrogen-bond donors (Lipinski definition) is 5. The fourth-order valence-corrected chi connectivity index (χ4v) is 1.03. The number of aliphatic hydroxyl groups is 2. The fraction of sp³-hybridized carbons (Fsp3) is 0.625. The molecule has 0 aliphatic heterocycles. The number of aromatic nitrogens is 1. The quantitative estimate of drug-likeness (QED) is 0.504. The van der Waals surface area contributed by atoms with Gasteiger partial charge < -0.3 is 25.6 Å². The molecule has 1 aromatic rings. The number of carbonyl (C=O) groups is 1. The highest BCUT2D eigenvalue weighted by Gasteiger charge is 2.32. The molecule has 24 heavy (non-hydrogen) atoms. The minimum atomic E-state index is -1.65. The topological polar surface area (TPSA) is 123 Å². The molecule has 1 aromatic heterocycles. The Morgan fingerprint density at radius 3 is 1.83 bits per heavy atom. The Balaban J connectivity index is 0.000000561. The van der Waals surface area contributed by atoms with Crippen LogP contribution in [0.15, 0.2) is 18.3 Å². The minimum Gasteiger partial charge on any atom is -0.423 e. The van der Waals surface area contributed by atoms with Gasteiger partial charge in [0.1, 0.15) is 5.82 Å². The van der Waals surface area contributed by atoms with E-state index < -0.39 is 23.7 Å². The lowest BCUT2D eigenvalue weighted by atomic mass is 9.80. The van der Waals surface area contributed by atoms with Crippen molar-refractivity contribution < 1.29 is 25.1 Å². The Kier molecular flexibility index (Phi) is 7.57. The van der Waals surface area contributed by atoms with Crippen LogP contribution in [0, 0.1) is 5.41 Å². The zero-order valence-corrected chi connectivity index (χ0v) is 15.5. The first-order chi connectivity index (χ1) is 10.6. The highest BCUT2D eigenvalue weighted by molar-refractivity contribution is 6.60. The number of carbonyl (C=O) groups excluding carboxylic acids is 1. The van der Waals surface area contributed by atoms with Crippen molar-refractivity contribution in [3.8, 4) is 0 Å². The van der Waals surface area contributed by atoms with E-state index in [4.69, 9.17) is 20.3 Å². The van der Waals surface area contributed by atoms with Crippen molar-refractivity contribution in [1.29, 1.82) is 0 Å². The molecule has 1 rings (SSSR count). The molecule has 1 amide bonds. The van der Waals surface area contributed by atoms with Crippen LogP contribution in [-0.4, -0.2) is 49.5 Å². The summed E-state index contributed by atoms with van der Waals surface area (Å²) >= 11 is 0. The summed E-state index contributed by atoms with van der Waals surface area (Å²) in [6.07, 6.45) is 1.48. The number of amides is 1. The van der Waals surface area contributed by atoms with Gasteiger partial charge in [0.05, 0.1) is 11.2 Å². The maximum Gasteiger partial charge on any atom is 0.492 e. The van der Waals surface area contributed by atoms with Gasteiger partial charge in [-0.05, 0) is 33.8 Å². The molecule has 136 valence electrons. The van der Waals surface area contributed by atoms with Gasteiger partial charge in [-0.25, -0.2) is 4.98 Å². The molecule has 0 spiro atoms. The molecule has 0 aliphatic rings. The zero-order valence-electron chi connectivity index (χ0n) is 15.5. The lowest BCUT2D eigenvalue weighted by Gasteiger charge is -2.31. The molecular formula is C16H29BN2O5. The summed E-state index contributed by atoms with van der Waals surface area (Å²) in [4.78, 5) is 15.6. The molecule has 7 nitrogen and oxygen atoms in total. The number of nitrogens with zero attached hydrogens (tertiary/aromatic N) is 1. The van der Waals surface area contributed by atoms with Crippen LogP contribution < -0.4 is 10.8 Å². The second-order valence-corrected chi connectivity index (χ2v) is 7.64. The molecule has 0 aromatic carbocycles. The third kappa shape index (κ3) is 7.40. The van der Waals surface area contributed by atoms with Crippen molar-refractivity contribution in [1.82, 2.24) is 4.98 Å². The average Bonchev–Trinajstić information content (AvgIpc) is 2.36. The molecule has 1 heterocycles. The Morgan fingerprint density at radius 1 is 1.04 bits per heavy atom. The van der Waals surface area contributed by atoms with Crippen LogP contribution >= 0.6 is 0 Å². The molecule has 0 fully saturated rings. The second-order valence-electron chi connectivity index (χ2n) is 7.64. The highest BCUT2D eigenvalue weighted by atomic mass is 16.4. The van der Waals surface area contributed by atoms with E-state index in [0.717, 1.165) is 0 Å². The van der Waals surface area contributed by atoms with Crippen LogP contribution in [0.3, 0.4) is 0 Å². The summed E-state index contributed by atoms with van der Waals surface area (Å²) in [6.45, 7) is 11.6. The third-order valence-electron chi connectivity index (χ3n) is 3.53. The summed E-state index contributed by atoms with van der Waals surface area (Å²) in [7, 11) is -1.65. The van der Waals surface area contributed by atoms with Crippen molar-refractivity contribution in [2.75, 3.05) is 5.32 Å². The summed E-state index contributed by atoms with van der Waals surface area (Å²) < 4.78 is 0. The summed E-state index contributed by atoms with van der Waals surface area (Å²) in [5.74, 6) is -0.0504. The minimum absolute atomic E-state index is 0.178. The van der Waals surface area contributed by atoms with Gasteiger partial charge in [0, 0.05) is 17.1 Å². The lowest BCUT2D eigenvalue weighted by Crippen LogP contribution is -2.44. The third-order valence-corrected chi connectivity index (χ3v) is 3.53. The van der Waals surface area contributed by atoms with Crippen LogP contribution in [0.25, 0.3) is 0 Å². The van der Waals surface area contributed by atoms with Gasteiger partial charge in [-0.15, -0.1) is 0 Å². The van der Waals surface area contributed by atoms with E-state index in [1.54, 1.807) is 54.5 Å². The van der Waals surface area contributed by atoms with Gasteiger partial charge in [0.25, 0.3) is 0 Å². The summed E-state index contributed by atoms with van der Waals surface area (Å²) in [6, 6.07) is 3.07. The molecule has 0 saturated carbocycles. The Hall–Kier alpha value is -1.48. The Labute approximate surface area is 143 Å². The molecule has 8 heteroatoms. The number of pyridine rings is 1. The predicted molar refractivity (Wildman–Crippen MR) is 94.7 cm³/mol. The predicted octanol–water partition coefficient (Wildman–Crippen LogP) is 0.274. The van der Waals surface area contributed by atoms with Crippen LogP contribution in [0.1, 0.15) is 48.5 Å².